The van der Waals surface area contributed by atoms with Crippen LogP contribution in [0, 0.1) is 11.3 Å². The van der Waals surface area contributed by atoms with Crippen LogP contribution in [0.5, 0.6) is 0 Å². The summed E-state index contributed by atoms with van der Waals surface area (Å²) in [4.78, 5) is 0. The van der Waals surface area contributed by atoms with E-state index in [1.54, 1.807) is 0 Å². The summed E-state index contributed by atoms with van der Waals surface area (Å²) in [7, 11) is 0. The van der Waals surface area contributed by atoms with Gasteiger partial charge in [-0.25, -0.2) is 0 Å². The average Bonchev–Trinajstić information content (AvgIpc) is 2.17. The lowest BCUT2D eigenvalue weighted by Crippen LogP contribution is -2.17. The molecule has 0 aliphatic carbocycles. The summed E-state index contributed by atoms with van der Waals surface area (Å²) in [5, 5.41) is 9.09. The van der Waals surface area contributed by atoms with Crippen molar-refractivity contribution in [1.82, 2.24) is 0 Å². The maximum atomic E-state index is 9.09. The van der Waals surface area contributed by atoms with Crippen molar-refractivity contribution in [3.05, 3.63) is 35.4 Å². The molecule has 0 unspecified atom stereocenters. The Morgan fingerprint density at radius 3 is 2.00 bits per heavy atom. The first kappa shape index (κ1) is 11.8. The van der Waals surface area contributed by atoms with E-state index in [4.69, 9.17) is 5.26 Å². The van der Waals surface area contributed by atoms with Gasteiger partial charge in [0.1, 0.15) is 0 Å². The normalized spacial score (nSPS) is 12.3. The van der Waals surface area contributed by atoms with E-state index in [1.165, 1.54) is 5.56 Å². The Morgan fingerprint density at radius 2 is 1.53 bits per heavy atom. The Labute approximate surface area is 92.7 Å². The van der Waals surface area contributed by atoms with E-state index in [1.807, 2.05) is 26.0 Å². The van der Waals surface area contributed by atoms with Crippen molar-refractivity contribution in [2.75, 3.05) is 0 Å². The van der Waals surface area contributed by atoms with Crippen molar-refractivity contribution < 1.29 is 0 Å². The number of hydrogen-bond donors (Lipinski definition) is 0. The van der Waals surface area contributed by atoms with Gasteiger partial charge in [0.25, 0.3) is 0 Å². The maximum absolute atomic E-state index is 9.09. The van der Waals surface area contributed by atoms with E-state index in [2.05, 4.69) is 39.0 Å². The predicted molar refractivity (Wildman–Crippen MR) is 63.8 cm³/mol. The molecule has 0 fully saturated rings. The van der Waals surface area contributed by atoms with Gasteiger partial charge in [0.15, 0.2) is 0 Å². The van der Waals surface area contributed by atoms with Crippen molar-refractivity contribution in [2.24, 2.45) is 0 Å². The second-order valence-electron chi connectivity index (χ2n) is 5.57. The van der Waals surface area contributed by atoms with Gasteiger partial charge in [-0.3, -0.25) is 0 Å². The highest BCUT2D eigenvalue weighted by molar-refractivity contribution is 5.36. The Bertz CT molecular complexity index is 389. The molecule has 1 nitrogen and oxygen atoms in total. The fourth-order valence-corrected chi connectivity index (χ4v) is 1.44. The quantitative estimate of drug-likeness (QED) is 0.678. The van der Waals surface area contributed by atoms with Gasteiger partial charge >= 0.3 is 0 Å². The van der Waals surface area contributed by atoms with Gasteiger partial charge in [0.2, 0.25) is 0 Å². The molecular formula is C14H19N. The third-order valence-electron chi connectivity index (χ3n) is 2.73. The number of nitrogens with zero attached hydrogens (tertiary/aromatic N) is 1. The van der Waals surface area contributed by atoms with Crippen LogP contribution in [0.1, 0.15) is 45.7 Å². The molecule has 15 heavy (non-hydrogen) atoms. The molecule has 0 saturated heterocycles. The maximum Gasteiger partial charge on any atom is 0.0766 e. The van der Waals surface area contributed by atoms with Crippen LogP contribution in [0.3, 0.4) is 0 Å². The first-order chi connectivity index (χ1) is 6.77. The molecule has 0 aliphatic rings. The molecule has 0 aromatic heterocycles. The molecule has 1 heteroatoms. The number of nitriles is 1. The van der Waals surface area contributed by atoms with Crippen molar-refractivity contribution >= 4 is 0 Å². The lowest BCUT2D eigenvalue weighted by atomic mass is 9.80. The molecule has 0 amide bonds. The Balaban J connectivity index is 3.22. The highest BCUT2D eigenvalue weighted by atomic mass is 14.3. The van der Waals surface area contributed by atoms with Gasteiger partial charge in [-0.05, 0) is 30.4 Å². The molecule has 0 heterocycles. The fraction of sp³-hybridized carbons (Fsp3) is 0.500. The van der Waals surface area contributed by atoms with Gasteiger partial charge in [0, 0.05) is 0 Å². The smallest absolute Gasteiger partial charge is 0.0766 e. The zero-order chi connectivity index (χ0) is 11.7. The topological polar surface area (TPSA) is 23.8 Å². The van der Waals surface area contributed by atoms with E-state index in [-0.39, 0.29) is 5.41 Å². The van der Waals surface area contributed by atoms with Crippen molar-refractivity contribution in [2.45, 2.75) is 45.4 Å². The van der Waals surface area contributed by atoms with E-state index in [9.17, 15) is 0 Å². The zero-order valence-corrected chi connectivity index (χ0v) is 10.3. The van der Waals surface area contributed by atoms with Crippen LogP contribution < -0.4 is 0 Å². The van der Waals surface area contributed by atoms with E-state index >= 15 is 0 Å². The zero-order valence-electron chi connectivity index (χ0n) is 10.3. The van der Waals surface area contributed by atoms with E-state index < -0.39 is 5.41 Å². The first-order valence-corrected chi connectivity index (χ1v) is 5.29. The molecule has 0 radical (unpaired) electrons. The van der Waals surface area contributed by atoms with Gasteiger partial charge in [-0.1, -0.05) is 45.0 Å². The molecule has 0 spiro atoms. The molecule has 1 aromatic rings. The minimum Gasteiger partial charge on any atom is -0.197 e. The van der Waals surface area contributed by atoms with Gasteiger partial charge in [0.05, 0.1) is 11.5 Å². The van der Waals surface area contributed by atoms with Crippen LogP contribution in [0.4, 0.5) is 0 Å². The number of hydrogen-bond acceptors (Lipinski definition) is 1. The van der Waals surface area contributed by atoms with Crippen molar-refractivity contribution in [3.63, 3.8) is 0 Å². The lowest BCUT2D eigenvalue weighted by molar-refractivity contribution is 0.585. The van der Waals surface area contributed by atoms with Gasteiger partial charge in [-0.2, -0.15) is 5.26 Å². The second-order valence-corrected chi connectivity index (χ2v) is 5.57. The highest BCUT2D eigenvalue weighted by Crippen LogP contribution is 2.28. The Kier molecular flexibility index (Phi) is 2.90. The van der Waals surface area contributed by atoms with Crippen LogP contribution in [-0.2, 0) is 10.8 Å². The Morgan fingerprint density at radius 1 is 1.00 bits per heavy atom. The average molecular weight is 201 g/mol. The summed E-state index contributed by atoms with van der Waals surface area (Å²) in [5.41, 5.74) is 2.11. The third-order valence-corrected chi connectivity index (χ3v) is 2.73. The standard InChI is InChI=1S/C14H19N/c1-13(2,3)11-7-6-8-12(9-11)14(4,5)10-15/h6-9H,1-5H3. The van der Waals surface area contributed by atoms with Crippen molar-refractivity contribution in [1.29, 1.82) is 5.26 Å². The highest BCUT2D eigenvalue weighted by Gasteiger charge is 2.22. The lowest BCUT2D eigenvalue weighted by Gasteiger charge is -2.23. The molecule has 0 N–H and O–H groups in total. The molecule has 1 aromatic carbocycles. The number of benzene rings is 1. The van der Waals surface area contributed by atoms with E-state index in [0.717, 1.165) is 5.56 Å². The third kappa shape index (κ3) is 2.59. The predicted octanol–water partition coefficient (Wildman–Crippen LogP) is 3.79. The molecule has 0 bridgehead atoms. The van der Waals surface area contributed by atoms with E-state index in [0.29, 0.717) is 0 Å². The Hall–Kier alpha value is -1.29. The number of rotatable bonds is 1. The molecule has 0 saturated carbocycles. The van der Waals surface area contributed by atoms with Crippen LogP contribution in [0.2, 0.25) is 0 Å². The SMILES string of the molecule is CC(C)(C)c1cccc(C(C)(C)C#N)c1. The fourth-order valence-electron chi connectivity index (χ4n) is 1.44. The first-order valence-electron chi connectivity index (χ1n) is 5.29. The summed E-state index contributed by atoms with van der Waals surface area (Å²) in [6, 6.07) is 10.7. The molecule has 0 atom stereocenters. The van der Waals surface area contributed by atoms with Crippen molar-refractivity contribution in [3.8, 4) is 6.07 Å². The van der Waals surface area contributed by atoms with Crippen LogP contribution in [-0.4, -0.2) is 0 Å². The summed E-state index contributed by atoms with van der Waals surface area (Å²) in [6.07, 6.45) is 0. The summed E-state index contributed by atoms with van der Waals surface area (Å²) >= 11 is 0. The second kappa shape index (κ2) is 3.70. The molecule has 1 rings (SSSR count). The minimum atomic E-state index is -0.402. The van der Waals surface area contributed by atoms with Crippen LogP contribution >= 0.6 is 0 Å². The molecular weight excluding hydrogens is 182 g/mol. The minimum absolute atomic E-state index is 0.140. The van der Waals surface area contributed by atoms with Gasteiger partial charge < -0.3 is 0 Å². The largest absolute Gasteiger partial charge is 0.197 e. The summed E-state index contributed by atoms with van der Waals surface area (Å²) < 4.78 is 0. The monoisotopic (exact) mass is 201 g/mol. The molecule has 0 aliphatic heterocycles. The summed E-state index contributed by atoms with van der Waals surface area (Å²) in [5.74, 6) is 0. The molecule has 80 valence electrons. The van der Waals surface area contributed by atoms with Crippen LogP contribution in [0.15, 0.2) is 24.3 Å². The summed E-state index contributed by atoms with van der Waals surface area (Å²) in [6.45, 7) is 10.5. The van der Waals surface area contributed by atoms with Crippen LogP contribution in [0.25, 0.3) is 0 Å². The van der Waals surface area contributed by atoms with Gasteiger partial charge in [-0.15, -0.1) is 0 Å².